The van der Waals surface area contributed by atoms with Crippen LogP contribution in [0.1, 0.15) is 35.8 Å². The number of aliphatic hydroxyl groups is 1. The standard InChI is InChI=1S/C26H31N5O2/c1-17-15-31(16-21(27)26(17)33)24-8-9-28-14-19(24)12-25(32)22-7-5-18-4-6-20(13-23(18)29-22)30-10-2-3-11-30/h4-9,13-14,17,21,26,33H,2-3,10-12,15-16,27H2,1H3/t17-,21+,26+/m0/s1. The summed E-state index contributed by atoms with van der Waals surface area (Å²) in [7, 11) is 0. The molecular formula is C26H31N5O2. The lowest BCUT2D eigenvalue weighted by Crippen LogP contribution is -2.55. The topological polar surface area (TPSA) is 95.6 Å². The summed E-state index contributed by atoms with van der Waals surface area (Å²) in [6.07, 6.45) is 5.63. The van der Waals surface area contributed by atoms with Crippen molar-refractivity contribution in [1.29, 1.82) is 0 Å². The molecule has 0 amide bonds. The summed E-state index contributed by atoms with van der Waals surface area (Å²) in [5.41, 5.74) is 10.4. The van der Waals surface area contributed by atoms with Crippen LogP contribution in [0.4, 0.5) is 11.4 Å². The van der Waals surface area contributed by atoms with Crippen LogP contribution in [0.3, 0.4) is 0 Å². The second kappa shape index (κ2) is 9.08. The Hall–Kier alpha value is -3.03. The molecule has 5 rings (SSSR count). The van der Waals surface area contributed by atoms with Crippen LogP contribution in [0.25, 0.3) is 10.9 Å². The molecule has 0 aliphatic carbocycles. The maximum atomic E-state index is 13.2. The van der Waals surface area contributed by atoms with Gasteiger partial charge in [-0.1, -0.05) is 19.1 Å². The minimum absolute atomic E-state index is 0.0351. The number of hydrogen-bond donors (Lipinski definition) is 2. The first-order chi connectivity index (χ1) is 16.0. The Morgan fingerprint density at radius 3 is 2.70 bits per heavy atom. The number of aromatic nitrogens is 2. The average Bonchev–Trinajstić information content (AvgIpc) is 3.37. The van der Waals surface area contributed by atoms with Gasteiger partial charge in [0, 0.05) is 79.3 Å². The van der Waals surface area contributed by atoms with Crippen molar-refractivity contribution < 1.29 is 9.90 Å². The van der Waals surface area contributed by atoms with Gasteiger partial charge in [0.05, 0.1) is 11.6 Å². The van der Waals surface area contributed by atoms with E-state index in [1.807, 2.05) is 25.1 Å². The van der Waals surface area contributed by atoms with Gasteiger partial charge in [0.2, 0.25) is 0 Å². The zero-order valence-electron chi connectivity index (χ0n) is 19.0. The molecule has 3 atom stereocenters. The lowest BCUT2D eigenvalue weighted by atomic mass is 9.92. The first kappa shape index (κ1) is 21.8. The molecule has 2 aliphatic rings. The van der Waals surface area contributed by atoms with E-state index in [4.69, 9.17) is 10.7 Å². The fourth-order valence-electron chi connectivity index (χ4n) is 5.07. The highest BCUT2D eigenvalue weighted by atomic mass is 16.3. The minimum atomic E-state index is -0.514. The highest BCUT2D eigenvalue weighted by Crippen LogP contribution is 2.28. The average molecular weight is 446 g/mol. The number of pyridine rings is 2. The lowest BCUT2D eigenvalue weighted by Gasteiger charge is -2.40. The first-order valence-corrected chi connectivity index (χ1v) is 11.8. The number of ketones is 1. The predicted molar refractivity (Wildman–Crippen MR) is 131 cm³/mol. The number of hydrogen-bond acceptors (Lipinski definition) is 7. The molecule has 0 unspecified atom stereocenters. The lowest BCUT2D eigenvalue weighted by molar-refractivity contribution is 0.0784. The van der Waals surface area contributed by atoms with Gasteiger partial charge in [-0.2, -0.15) is 0 Å². The highest BCUT2D eigenvalue weighted by Gasteiger charge is 2.32. The molecule has 1 aromatic carbocycles. The van der Waals surface area contributed by atoms with Gasteiger partial charge in [-0.05, 0) is 37.1 Å². The zero-order valence-corrected chi connectivity index (χ0v) is 19.0. The molecule has 0 radical (unpaired) electrons. The smallest absolute Gasteiger partial charge is 0.185 e. The molecule has 172 valence electrons. The molecule has 7 nitrogen and oxygen atoms in total. The van der Waals surface area contributed by atoms with Gasteiger partial charge in [-0.3, -0.25) is 9.78 Å². The second-order valence-corrected chi connectivity index (χ2v) is 9.41. The van der Waals surface area contributed by atoms with Crippen LogP contribution in [0.5, 0.6) is 0 Å². The van der Waals surface area contributed by atoms with E-state index in [2.05, 4.69) is 33.0 Å². The van der Waals surface area contributed by atoms with Gasteiger partial charge >= 0.3 is 0 Å². The summed E-state index contributed by atoms with van der Waals surface area (Å²) >= 11 is 0. The fourth-order valence-corrected chi connectivity index (χ4v) is 5.07. The number of piperidine rings is 1. The van der Waals surface area contributed by atoms with Gasteiger partial charge in [-0.25, -0.2) is 4.98 Å². The fraction of sp³-hybridized carbons (Fsp3) is 0.423. The SMILES string of the molecule is C[C@H]1CN(c2ccncc2CC(=O)c2ccc3ccc(N4CCCC4)cc3n2)C[C@@H](N)[C@@H]1O. The number of benzene rings is 1. The van der Waals surface area contributed by atoms with Gasteiger partial charge in [-0.15, -0.1) is 0 Å². The number of nitrogens with zero attached hydrogens (tertiary/aromatic N) is 4. The van der Waals surface area contributed by atoms with Crippen molar-refractivity contribution in [3.05, 3.63) is 60.0 Å². The Labute approximate surface area is 194 Å². The number of fused-ring (bicyclic) bond motifs is 1. The third-order valence-corrected chi connectivity index (χ3v) is 6.96. The van der Waals surface area contributed by atoms with Crippen molar-refractivity contribution in [2.45, 2.75) is 38.3 Å². The molecule has 7 heteroatoms. The molecule has 2 aliphatic heterocycles. The number of aliphatic hydroxyl groups excluding tert-OH is 1. The molecule has 33 heavy (non-hydrogen) atoms. The summed E-state index contributed by atoms with van der Waals surface area (Å²) in [5.74, 6) is 0.0181. The van der Waals surface area contributed by atoms with E-state index in [0.29, 0.717) is 18.8 Å². The van der Waals surface area contributed by atoms with Crippen molar-refractivity contribution in [3.8, 4) is 0 Å². The third kappa shape index (κ3) is 4.43. The van der Waals surface area contributed by atoms with E-state index >= 15 is 0 Å². The van der Waals surface area contributed by atoms with Gasteiger partial charge in [0.15, 0.2) is 5.78 Å². The molecule has 3 N–H and O–H groups in total. The van der Waals surface area contributed by atoms with Crippen molar-refractivity contribution in [2.24, 2.45) is 11.7 Å². The number of anilines is 2. The molecule has 2 aromatic heterocycles. The molecular weight excluding hydrogens is 414 g/mol. The van der Waals surface area contributed by atoms with E-state index in [-0.39, 0.29) is 24.2 Å². The van der Waals surface area contributed by atoms with E-state index < -0.39 is 6.10 Å². The molecule has 0 bridgehead atoms. The molecule has 0 spiro atoms. The van der Waals surface area contributed by atoms with Crippen LogP contribution in [0.2, 0.25) is 0 Å². The zero-order chi connectivity index (χ0) is 22.9. The molecule has 4 heterocycles. The minimum Gasteiger partial charge on any atom is -0.391 e. The number of carbonyl (C=O) groups excluding carboxylic acids is 1. The largest absolute Gasteiger partial charge is 0.391 e. The van der Waals surface area contributed by atoms with Gasteiger partial charge in [0.25, 0.3) is 0 Å². The Morgan fingerprint density at radius 1 is 1.12 bits per heavy atom. The maximum Gasteiger partial charge on any atom is 0.185 e. The summed E-state index contributed by atoms with van der Waals surface area (Å²) in [5, 5.41) is 11.3. The summed E-state index contributed by atoms with van der Waals surface area (Å²) in [6, 6.07) is 11.7. The highest BCUT2D eigenvalue weighted by molar-refractivity contribution is 5.98. The number of carbonyl (C=O) groups is 1. The monoisotopic (exact) mass is 445 g/mol. The van der Waals surface area contributed by atoms with Crippen LogP contribution in [0.15, 0.2) is 48.8 Å². The van der Waals surface area contributed by atoms with Crippen molar-refractivity contribution in [1.82, 2.24) is 9.97 Å². The van der Waals surface area contributed by atoms with Crippen molar-refractivity contribution in [2.75, 3.05) is 36.0 Å². The summed E-state index contributed by atoms with van der Waals surface area (Å²) in [6.45, 7) is 5.38. The van der Waals surface area contributed by atoms with Gasteiger partial charge in [0.1, 0.15) is 5.69 Å². The van der Waals surface area contributed by atoms with Crippen molar-refractivity contribution >= 4 is 28.1 Å². The van der Waals surface area contributed by atoms with Crippen LogP contribution in [-0.2, 0) is 6.42 Å². The number of rotatable bonds is 5. The normalized spacial score (nSPS) is 23.3. The van der Waals surface area contributed by atoms with E-state index in [1.54, 1.807) is 12.4 Å². The quantitative estimate of drug-likeness (QED) is 0.583. The van der Waals surface area contributed by atoms with E-state index in [9.17, 15) is 9.90 Å². The summed E-state index contributed by atoms with van der Waals surface area (Å²) < 4.78 is 0. The number of nitrogens with two attached hydrogens (primary N) is 1. The molecule has 0 saturated carbocycles. The molecule has 3 aromatic rings. The maximum absolute atomic E-state index is 13.2. The Balaban J connectivity index is 1.38. The van der Waals surface area contributed by atoms with E-state index in [1.165, 1.54) is 18.5 Å². The van der Waals surface area contributed by atoms with Crippen molar-refractivity contribution in [3.63, 3.8) is 0 Å². The van der Waals surface area contributed by atoms with Crippen LogP contribution in [-0.4, -0.2) is 59.2 Å². The Morgan fingerprint density at radius 2 is 1.91 bits per heavy atom. The van der Waals surface area contributed by atoms with Crippen LogP contribution >= 0.6 is 0 Å². The Kier molecular flexibility index (Phi) is 6.00. The Bertz CT molecular complexity index is 1150. The van der Waals surface area contributed by atoms with Crippen LogP contribution in [0, 0.1) is 5.92 Å². The molecule has 2 fully saturated rings. The third-order valence-electron chi connectivity index (χ3n) is 6.96. The van der Waals surface area contributed by atoms with Crippen LogP contribution < -0.4 is 15.5 Å². The second-order valence-electron chi connectivity index (χ2n) is 9.41. The first-order valence-electron chi connectivity index (χ1n) is 11.8. The molecule has 2 saturated heterocycles. The van der Waals surface area contributed by atoms with E-state index in [0.717, 1.165) is 35.2 Å². The number of Topliss-reactive ketones (excluding diaryl/α,β-unsaturated/α-hetero) is 1. The van der Waals surface area contributed by atoms with Gasteiger partial charge < -0.3 is 20.6 Å². The summed E-state index contributed by atoms with van der Waals surface area (Å²) in [4.78, 5) is 26.7. The predicted octanol–water partition coefficient (Wildman–Crippen LogP) is 2.80.